The lowest BCUT2D eigenvalue weighted by Gasteiger charge is -2.23. The van der Waals surface area contributed by atoms with Crippen LogP contribution in [0.4, 0.5) is 0 Å². The summed E-state index contributed by atoms with van der Waals surface area (Å²) in [6, 6.07) is 9.20. The van der Waals surface area contributed by atoms with Crippen LogP contribution in [0.15, 0.2) is 34.8 Å². The van der Waals surface area contributed by atoms with Crippen molar-refractivity contribution in [1.29, 1.82) is 0 Å². The van der Waals surface area contributed by atoms with Gasteiger partial charge in [0, 0.05) is 17.1 Å². The Bertz CT molecular complexity index is 371. The molecule has 0 spiro atoms. The van der Waals surface area contributed by atoms with Crippen molar-refractivity contribution < 1.29 is 0 Å². The van der Waals surface area contributed by atoms with Gasteiger partial charge in [-0.05, 0) is 36.1 Å². The van der Waals surface area contributed by atoms with Crippen LogP contribution in [0, 0.1) is 0 Å². The van der Waals surface area contributed by atoms with Crippen molar-refractivity contribution in [2.75, 3.05) is 6.54 Å². The van der Waals surface area contributed by atoms with E-state index in [2.05, 4.69) is 58.5 Å². The highest BCUT2D eigenvalue weighted by Crippen LogP contribution is 2.25. The summed E-state index contributed by atoms with van der Waals surface area (Å²) in [7, 11) is 0. The van der Waals surface area contributed by atoms with E-state index in [-0.39, 0.29) is 0 Å². The lowest BCUT2D eigenvalue weighted by atomic mass is 9.94. The molecule has 1 aliphatic heterocycles. The van der Waals surface area contributed by atoms with Crippen molar-refractivity contribution in [1.82, 2.24) is 5.32 Å². The van der Waals surface area contributed by atoms with Crippen LogP contribution in [0.2, 0.25) is 0 Å². The standard InChI is InChI=1S/C13H16BrN/c1-2-13-9-11(6-7-15-13)10-4-3-5-12(14)8-10/h3-6,8,13,15H,2,7,9H2,1H3. The highest BCUT2D eigenvalue weighted by atomic mass is 79.9. The molecule has 1 unspecified atom stereocenters. The smallest absolute Gasteiger partial charge is 0.0181 e. The number of hydrogen-bond acceptors (Lipinski definition) is 1. The van der Waals surface area contributed by atoms with Crippen molar-refractivity contribution in [2.45, 2.75) is 25.8 Å². The lowest BCUT2D eigenvalue weighted by molar-refractivity contribution is 0.521. The maximum Gasteiger partial charge on any atom is 0.0181 e. The topological polar surface area (TPSA) is 12.0 Å². The Morgan fingerprint density at radius 1 is 1.47 bits per heavy atom. The van der Waals surface area contributed by atoms with Crippen molar-refractivity contribution in [3.8, 4) is 0 Å². The predicted molar refractivity (Wildman–Crippen MR) is 68.8 cm³/mol. The average molecular weight is 266 g/mol. The van der Waals surface area contributed by atoms with E-state index in [0.717, 1.165) is 17.4 Å². The fourth-order valence-corrected chi connectivity index (χ4v) is 2.38. The third-order valence-corrected chi connectivity index (χ3v) is 3.40. The molecule has 0 aliphatic carbocycles. The van der Waals surface area contributed by atoms with E-state index in [0.29, 0.717) is 6.04 Å². The summed E-state index contributed by atoms with van der Waals surface area (Å²) >= 11 is 3.52. The highest BCUT2D eigenvalue weighted by Gasteiger charge is 2.13. The summed E-state index contributed by atoms with van der Waals surface area (Å²) in [5.74, 6) is 0. The van der Waals surface area contributed by atoms with Gasteiger partial charge in [-0.3, -0.25) is 0 Å². The van der Waals surface area contributed by atoms with Crippen LogP contribution < -0.4 is 5.32 Å². The Hall–Kier alpha value is -0.600. The third-order valence-electron chi connectivity index (χ3n) is 2.91. The van der Waals surface area contributed by atoms with Gasteiger partial charge in [0.05, 0.1) is 0 Å². The average Bonchev–Trinajstić information content (AvgIpc) is 2.29. The normalized spacial score (nSPS) is 21.2. The summed E-state index contributed by atoms with van der Waals surface area (Å²) < 4.78 is 1.16. The number of halogens is 1. The molecule has 1 nitrogen and oxygen atoms in total. The fourth-order valence-electron chi connectivity index (χ4n) is 1.98. The van der Waals surface area contributed by atoms with Crippen LogP contribution in [-0.4, -0.2) is 12.6 Å². The van der Waals surface area contributed by atoms with Crippen molar-refractivity contribution in [3.63, 3.8) is 0 Å². The Kier molecular flexibility index (Phi) is 3.60. The molecule has 1 aromatic carbocycles. The molecule has 80 valence electrons. The molecule has 0 aromatic heterocycles. The zero-order chi connectivity index (χ0) is 10.7. The zero-order valence-electron chi connectivity index (χ0n) is 8.96. The second-order valence-electron chi connectivity index (χ2n) is 3.96. The molecule has 0 saturated carbocycles. The molecule has 0 bridgehead atoms. The molecule has 0 saturated heterocycles. The largest absolute Gasteiger partial charge is 0.310 e. The zero-order valence-corrected chi connectivity index (χ0v) is 10.5. The molecular weight excluding hydrogens is 250 g/mol. The number of hydrogen-bond donors (Lipinski definition) is 1. The molecular formula is C13H16BrN. The second-order valence-corrected chi connectivity index (χ2v) is 4.87. The van der Waals surface area contributed by atoms with Gasteiger partial charge in [0.1, 0.15) is 0 Å². The molecule has 2 heteroatoms. The molecule has 1 N–H and O–H groups in total. The van der Waals surface area contributed by atoms with Gasteiger partial charge in [0.2, 0.25) is 0 Å². The van der Waals surface area contributed by atoms with Gasteiger partial charge in [-0.1, -0.05) is 41.1 Å². The van der Waals surface area contributed by atoms with Crippen molar-refractivity contribution in [2.24, 2.45) is 0 Å². The predicted octanol–water partition coefficient (Wildman–Crippen LogP) is 3.60. The monoisotopic (exact) mass is 265 g/mol. The first-order chi connectivity index (χ1) is 7.29. The van der Waals surface area contributed by atoms with Gasteiger partial charge in [-0.25, -0.2) is 0 Å². The van der Waals surface area contributed by atoms with E-state index in [1.807, 2.05) is 0 Å². The van der Waals surface area contributed by atoms with E-state index < -0.39 is 0 Å². The van der Waals surface area contributed by atoms with Crippen LogP contribution in [0.5, 0.6) is 0 Å². The molecule has 15 heavy (non-hydrogen) atoms. The highest BCUT2D eigenvalue weighted by molar-refractivity contribution is 9.10. The van der Waals surface area contributed by atoms with E-state index in [1.54, 1.807) is 0 Å². The molecule has 1 atom stereocenters. The summed E-state index contributed by atoms with van der Waals surface area (Å²) in [4.78, 5) is 0. The summed E-state index contributed by atoms with van der Waals surface area (Å²) in [6.45, 7) is 3.24. The van der Waals surface area contributed by atoms with Gasteiger partial charge in [-0.15, -0.1) is 0 Å². The lowest BCUT2D eigenvalue weighted by Crippen LogP contribution is -2.32. The Morgan fingerprint density at radius 3 is 3.07 bits per heavy atom. The van der Waals surface area contributed by atoms with Gasteiger partial charge in [-0.2, -0.15) is 0 Å². The third kappa shape index (κ3) is 2.70. The molecule has 1 aliphatic rings. The van der Waals surface area contributed by atoms with Crippen molar-refractivity contribution >= 4 is 21.5 Å². The Labute approximate surface area is 99.7 Å². The first-order valence-corrected chi connectivity index (χ1v) is 6.27. The maximum absolute atomic E-state index is 3.52. The maximum atomic E-state index is 3.52. The summed E-state index contributed by atoms with van der Waals surface area (Å²) in [5.41, 5.74) is 2.83. The van der Waals surface area contributed by atoms with Crippen LogP contribution >= 0.6 is 15.9 Å². The number of nitrogens with one attached hydrogen (secondary N) is 1. The minimum atomic E-state index is 0.643. The molecule has 0 radical (unpaired) electrons. The van der Waals surface area contributed by atoms with Gasteiger partial charge in [0.15, 0.2) is 0 Å². The van der Waals surface area contributed by atoms with Gasteiger partial charge in [0.25, 0.3) is 0 Å². The molecule has 0 fully saturated rings. The Morgan fingerprint density at radius 2 is 2.33 bits per heavy atom. The second kappa shape index (κ2) is 4.95. The number of rotatable bonds is 2. The molecule has 0 amide bonds. The molecule has 1 heterocycles. The van der Waals surface area contributed by atoms with Crippen LogP contribution in [-0.2, 0) is 0 Å². The van der Waals surface area contributed by atoms with E-state index in [9.17, 15) is 0 Å². The molecule has 1 aromatic rings. The van der Waals surface area contributed by atoms with E-state index in [4.69, 9.17) is 0 Å². The minimum absolute atomic E-state index is 0.643. The first-order valence-electron chi connectivity index (χ1n) is 5.48. The first kappa shape index (κ1) is 10.9. The summed E-state index contributed by atoms with van der Waals surface area (Å²) in [5, 5.41) is 3.50. The van der Waals surface area contributed by atoms with Crippen LogP contribution in [0.3, 0.4) is 0 Å². The quantitative estimate of drug-likeness (QED) is 0.862. The Balaban J connectivity index is 2.20. The fraction of sp³-hybridized carbons (Fsp3) is 0.385. The minimum Gasteiger partial charge on any atom is -0.310 e. The van der Waals surface area contributed by atoms with Crippen molar-refractivity contribution in [3.05, 3.63) is 40.4 Å². The van der Waals surface area contributed by atoms with Gasteiger partial charge >= 0.3 is 0 Å². The SMILES string of the molecule is CCC1CC(c2cccc(Br)c2)=CCN1. The molecule has 2 rings (SSSR count). The van der Waals surface area contributed by atoms with Crippen LogP contribution in [0.1, 0.15) is 25.3 Å². The van der Waals surface area contributed by atoms with E-state index >= 15 is 0 Å². The van der Waals surface area contributed by atoms with Gasteiger partial charge < -0.3 is 5.32 Å². The van der Waals surface area contributed by atoms with E-state index in [1.165, 1.54) is 17.6 Å². The number of benzene rings is 1. The summed E-state index contributed by atoms with van der Waals surface area (Å²) in [6.07, 6.45) is 4.65. The van der Waals surface area contributed by atoms with Crippen LogP contribution in [0.25, 0.3) is 5.57 Å².